The number of esters is 1. The lowest BCUT2D eigenvalue weighted by molar-refractivity contribution is -0.158. The average Bonchev–Trinajstić information content (AvgIpc) is 2.97. The van der Waals surface area contributed by atoms with Crippen molar-refractivity contribution >= 4 is 23.4 Å². The van der Waals surface area contributed by atoms with Gasteiger partial charge in [-0.2, -0.15) is 0 Å². The Morgan fingerprint density at radius 1 is 1.40 bits per heavy atom. The van der Waals surface area contributed by atoms with Gasteiger partial charge in [0.1, 0.15) is 29.2 Å². The van der Waals surface area contributed by atoms with Crippen LogP contribution in [0.3, 0.4) is 0 Å². The molecule has 0 amide bonds. The van der Waals surface area contributed by atoms with Crippen molar-refractivity contribution in [1.82, 2.24) is 0 Å². The van der Waals surface area contributed by atoms with Crippen LogP contribution >= 0.6 is 11.6 Å². The first kappa shape index (κ1) is 22.6. The Morgan fingerprint density at radius 2 is 2.10 bits per heavy atom. The number of carbonyl (C=O) groups excluding carboxylic acids is 2. The van der Waals surface area contributed by atoms with Gasteiger partial charge < -0.3 is 14.2 Å². The van der Waals surface area contributed by atoms with E-state index in [1.807, 2.05) is 25.2 Å². The fourth-order valence-corrected chi connectivity index (χ4v) is 4.94. The van der Waals surface area contributed by atoms with Gasteiger partial charge in [0, 0.05) is 18.3 Å². The number of hydrogen-bond donors (Lipinski definition) is 0. The molecule has 2 heterocycles. The summed E-state index contributed by atoms with van der Waals surface area (Å²) in [6.45, 7) is 9.54. The molecule has 5 unspecified atom stereocenters. The van der Waals surface area contributed by atoms with Crippen molar-refractivity contribution in [2.75, 3.05) is 7.11 Å². The Kier molecular flexibility index (Phi) is 6.44. The fourth-order valence-electron chi connectivity index (χ4n) is 4.47. The average molecular weight is 433 g/mol. The van der Waals surface area contributed by atoms with Crippen LogP contribution in [0.1, 0.15) is 41.0 Å². The van der Waals surface area contributed by atoms with Crippen LogP contribution in [0.5, 0.6) is 0 Å². The van der Waals surface area contributed by atoms with Gasteiger partial charge in [0.2, 0.25) is 0 Å². The molecule has 0 aromatic carbocycles. The summed E-state index contributed by atoms with van der Waals surface area (Å²) >= 11 is 6.71. The van der Waals surface area contributed by atoms with Crippen LogP contribution in [0, 0.1) is 17.8 Å². The van der Waals surface area contributed by atoms with Crippen LogP contribution in [-0.2, 0) is 23.8 Å². The first-order chi connectivity index (χ1) is 14.1. The lowest BCUT2D eigenvalue weighted by Crippen LogP contribution is -2.51. The smallest absolute Gasteiger partial charge is 0.317 e. The molecule has 0 N–H and O–H groups in total. The summed E-state index contributed by atoms with van der Waals surface area (Å²) in [5, 5.41) is 0.431. The predicted molar refractivity (Wildman–Crippen MR) is 115 cm³/mol. The van der Waals surface area contributed by atoms with E-state index >= 15 is 0 Å². The summed E-state index contributed by atoms with van der Waals surface area (Å²) < 4.78 is 17.1. The third-order valence-corrected chi connectivity index (χ3v) is 6.57. The highest BCUT2D eigenvalue weighted by molar-refractivity contribution is 6.31. The Labute approximate surface area is 183 Å². The maximum Gasteiger partial charge on any atom is 0.317 e. The third kappa shape index (κ3) is 3.81. The molecular formula is C24H29ClO5. The van der Waals surface area contributed by atoms with Gasteiger partial charge in [0.15, 0.2) is 0 Å². The Morgan fingerprint density at radius 3 is 2.70 bits per heavy atom. The maximum atomic E-state index is 12.5. The second-order valence-corrected chi connectivity index (χ2v) is 8.82. The molecule has 1 aliphatic carbocycles. The molecule has 0 saturated carbocycles. The summed E-state index contributed by atoms with van der Waals surface area (Å²) in [7, 11) is 1.52. The Bertz CT molecular complexity index is 907. The van der Waals surface area contributed by atoms with Crippen LogP contribution in [0.15, 0.2) is 58.1 Å². The first-order valence-corrected chi connectivity index (χ1v) is 10.6. The van der Waals surface area contributed by atoms with Crippen molar-refractivity contribution in [2.45, 2.75) is 52.7 Å². The molecule has 0 aromatic rings. The number of hydrogen-bond acceptors (Lipinski definition) is 5. The summed E-state index contributed by atoms with van der Waals surface area (Å²) in [4.78, 5) is 24.8. The second-order valence-electron chi connectivity index (χ2n) is 8.42. The summed E-state index contributed by atoms with van der Waals surface area (Å²) in [6.07, 6.45) is 9.90. The number of allylic oxidation sites excluding steroid dienone is 6. The summed E-state index contributed by atoms with van der Waals surface area (Å²) in [5.41, 5.74) is 1.46. The largest absolute Gasteiger partial charge is 0.465 e. The summed E-state index contributed by atoms with van der Waals surface area (Å²) in [5.74, 6) is -1.12. The molecule has 5 nitrogen and oxygen atoms in total. The zero-order chi connectivity index (χ0) is 22.2. The molecule has 0 spiro atoms. The molecule has 6 heteroatoms. The molecule has 3 aliphatic rings. The van der Waals surface area contributed by atoms with Gasteiger partial charge in [-0.15, -0.1) is 0 Å². The number of fused-ring (bicyclic) bond motifs is 3. The molecule has 0 radical (unpaired) electrons. The van der Waals surface area contributed by atoms with Gasteiger partial charge in [-0.3, -0.25) is 9.59 Å². The molecule has 0 bridgehead atoms. The van der Waals surface area contributed by atoms with Crippen molar-refractivity contribution in [3.63, 3.8) is 0 Å². The number of ketones is 1. The number of Topliss-reactive ketones (excluding diaryl/α,β-unsaturated/α-hetero) is 1. The number of ether oxygens (including phenoxy) is 3. The van der Waals surface area contributed by atoms with E-state index in [9.17, 15) is 9.59 Å². The molecule has 5 atom stereocenters. The predicted octanol–water partition coefficient (Wildman–Crippen LogP) is 4.99. The van der Waals surface area contributed by atoms with E-state index in [4.69, 9.17) is 25.8 Å². The van der Waals surface area contributed by atoms with E-state index < -0.39 is 29.5 Å². The second kappa shape index (κ2) is 8.56. The fraction of sp³-hybridized carbons (Fsp3) is 0.500. The maximum absolute atomic E-state index is 12.5. The van der Waals surface area contributed by atoms with Crippen molar-refractivity contribution in [1.29, 1.82) is 0 Å². The summed E-state index contributed by atoms with van der Waals surface area (Å²) in [6, 6.07) is 0. The van der Waals surface area contributed by atoms with E-state index in [-0.39, 0.29) is 5.78 Å². The first-order valence-electron chi connectivity index (χ1n) is 10.2. The highest BCUT2D eigenvalue weighted by Crippen LogP contribution is 2.54. The van der Waals surface area contributed by atoms with E-state index in [1.54, 1.807) is 13.2 Å². The quantitative estimate of drug-likeness (QED) is 0.336. The van der Waals surface area contributed by atoms with E-state index in [0.717, 1.165) is 12.0 Å². The number of methoxy groups -OCH3 is 1. The lowest BCUT2D eigenvalue weighted by Gasteiger charge is -2.43. The minimum atomic E-state index is -1.07. The van der Waals surface area contributed by atoms with Crippen molar-refractivity contribution in [2.24, 2.45) is 17.8 Å². The monoisotopic (exact) mass is 432 g/mol. The Balaban J connectivity index is 2.00. The van der Waals surface area contributed by atoms with Gasteiger partial charge in [-0.05, 0) is 38.8 Å². The molecule has 30 heavy (non-hydrogen) atoms. The number of halogens is 1. The SMILES string of the molecule is CCC(C)C=C(C)C=CC1=CC2=C(Cl)C(OC)C3(C)OC(=O)C(C(C)=O)C3C2=CO1. The van der Waals surface area contributed by atoms with Gasteiger partial charge in [0.05, 0.1) is 17.2 Å². The van der Waals surface area contributed by atoms with Crippen molar-refractivity contribution in [3.05, 3.63) is 58.1 Å². The van der Waals surface area contributed by atoms with Gasteiger partial charge in [-0.1, -0.05) is 49.6 Å². The van der Waals surface area contributed by atoms with E-state index in [1.165, 1.54) is 14.0 Å². The van der Waals surface area contributed by atoms with Gasteiger partial charge >= 0.3 is 5.97 Å². The molecule has 3 rings (SSSR count). The van der Waals surface area contributed by atoms with Crippen LogP contribution in [0.2, 0.25) is 0 Å². The van der Waals surface area contributed by atoms with E-state index in [2.05, 4.69) is 19.9 Å². The highest BCUT2D eigenvalue weighted by atomic mass is 35.5. The molecule has 1 saturated heterocycles. The number of rotatable bonds is 6. The molecule has 2 aliphatic heterocycles. The van der Waals surface area contributed by atoms with Crippen LogP contribution in [-0.4, -0.2) is 30.6 Å². The van der Waals surface area contributed by atoms with Crippen LogP contribution in [0.25, 0.3) is 0 Å². The zero-order valence-electron chi connectivity index (χ0n) is 18.3. The highest BCUT2D eigenvalue weighted by Gasteiger charge is 2.63. The lowest BCUT2D eigenvalue weighted by atomic mass is 9.67. The van der Waals surface area contributed by atoms with Crippen LogP contribution < -0.4 is 0 Å². The van der Waals surface area contributed by atoms with Gasteiger partial charge in [0.25, 0.3) is 0 Å². The molecular weight excluding hydrogens is 404 g/mol. The molecule has 162 valence electrons. The standard InChI is InChI=1S/C24H29ClO5/c1-7-13(2)10-14(3)8-9-16-11-17-18(12-29-16)20-19(15(4)26)23(27)30-24(20,5)22(28-6)21(17)25/h8-13,19-20,22H,7H2,1-6H3. The van der Waals surface area contributed by atoms with Crippen molar-refractivity contribution in [3.8, 4) is 0 Å². The minimum Gasteiger partial charge on any atom is -0.465 e. The molecule has 1 fully saturated rings. The van der Waals surface area contributed by atoms with Crippen molar-refractivity contribution < 1.29 is 23.8 Å². The minimum absolute atomic E-state index is 0.248. The molecule has 0 aromatic heterocycles. The third-order valence-electron chi connectivity index (χ3n) is 6.16. The topological polar surface area (TPSA) is 61.8 Å². The van der Waals surface area contributed by atoms with E-state index in [0.29, 0.717) is 27.9 Å². The van der Waals surface area contributed by atoms with Crippen LogP contribution in [0.4, 0.5) is 0 Å². The normalized spacial score (nSPS) is 32.2. The Hall–Kier alpha value is -2.11. The van der Waals surface area contributed by atoms with Gasteiger partial charge in [-0.25, -0.2) is 0 Å². The number of carbonyl (C=O) groups is 2. The zero-order valence-corrected chi connectivity index (χ0v) is 19.1.